The van der Waals surface area contributed by atoms with Gasteiger partial charge in [-0.1, -0.05) is 13.0 Å². The molecule has 9 heteroatoms. The first-order valence-corrected chi connectivity index (χ1v) is 9.58. The maximum absolute atomic E-state index is 12.0. The van der Waals surface area contributed by atoms with Crippen LogP contribution >= 0.6 is 28.1 Å². The fourth-order valence-corrected chi connectivity index (χ4v) is 2.85. The summed E-state index contributed by atoms with van der Waals surface area (Å²) in [6.07, 6.45) is 0.904. The SMILES string of the molecule is CCc1ccc(OCC(=O)NC(=S)NNC(=O)c2ccc(OC)cc2)c(Br)c1. The molecule has 0 fully saturated rings. The van der Waals surface area contributed by atoms with Crippen molar-refractivity contribution in [3.63, 3.8) is 0 Å². The van der Waals surface area contributed by atoms with Crippen LogP contribution in [0.5, 0.6) is 11.5 Å². The van der Waals surface area contributed by atoms with E-state index in [1.165, 1.54) is 0 Å². The molecule has 2 aromatic rings. The standard InChI is InChI=1S/C19H20BrN3O4S/c1-3-12-4-9-16(15(20)10-12)27-11-17(24)21-19(28)23-22-18(25)13-5-7-14(26-2)8-6-13/h4-10H,3,11H2,1-2H3,(H,22,25)(H2,21,23,24,28). The second kappa shape index (κ2) is 10.6. The Labute approximate surface area is 176 Å². The molecular formula is C19H20BrN3O4S. The molecule has 148 valence electrons. The van der Waals surface area contributed by atoms with Crippen LogP contribution in [0.4, 0.5) is 0 Å². The number of methoxy groups -OCH3 is 1. The van der Waals surface area contributed by atoms with Crippen molar-refractivity contribution in [2.24, 2.45) is 0 Å². The minimum atomic E-state index is -0.456. The number of benzene rings is 2. The highest BCUT2D eigenvalue weighted by Crippen LogP contribution is 2.26. The lowest BCUT2D eigenvalue weighted by Crippen LogP contribution is -2.49. The number of carbonyl (C=O) groups is 2. The number of halogens is 1. The number of nitrogens with one attached hydrogen (secondary N) is 3. The van der Waals surface area contributed by atoms with Crippen molar-refractivity contribution in [3.8, 4) is 11.5 Å². The zero-order valence-corrected chi connectivity index (χ0v) is 17.8. The molecule has 0 aliphatic carbocycles. The van der Waals surface area contributed by atoms with Crippen molar-refractivity contribution < 1.29 is 19.1 Å². The van der Waals surface area contributed by atoms with Crippen LogP contribution in [0.3, 0.4) is 0 Å². The Hall–Kier alpha value is -2.65. The molecule has 0 bridgehead atoms. The molecule has 0 heterocycles. The third kappa shape index (κ3) is 6.50. The van der Waals surface area contributed by atoms with Gasteiger partial charge in [-0.2, -0.15) is 0 Å². The molecule has 0 spiro atoms. The minimum absolute atomic E-state index is 0.0455. The number of aryl methyl sites for hydroxylation is 1. The van der Waals surface area contributed by atoms with Gasteiger partial charge in [0.1, 0.15) is 11.5 Å². The molecule has 0 atom stereocenters. The number of thiocarbonyl (C=S) groups is 1. The Kier molecular flexibility index (Phi) is 8.21. The third-order valence-corrected chi connectivity index (χ3v) is 4.48. The van der Waals surface area contributed by atoms with E-state index in [0.29, 0.717) is 17.1 Å². The van der Waals surface area contributed by atoms with E-state index >= 15 is 0 Å². The number of hydrazine groups is 1. The van der Waals surface area contributed by atoms with E-state index in [2.05, 4.69) is 39.0 Å². The quantitative estimate of drug-likeness (QED) is 0.448. The van der Waals surface area contributed by atoms with Gasteiger partial charge in [-0.3, -0.25) is 25.8 Å². The average Bonchev–Trinajstić information content (AvgIpc) is 2.71. The lowest BCUT2D eigenvalue weighted by Gasteiger charge is -2.12. The van der Waals surface area contributed by atoms with Crippen molar-refractivity contribution in [2.75, 3.05) is 13.7 Å². The highest BCUT2D eigenvalue weighted by atomic mass is 79.9. The summed E-state index contributed by atoms with van der Waals surface area (Å²) in [5, 5.41) is 2.38. The first-order valence-electron chi connectivity index (χ1n) is 8.38. The number of hydrogen-bond acceptors (Lipinski definition) is 5. The summed E-state index contributed by atoms with van der Waals surface area (Å²) in [7, 11) is 1.54. The van der Waals surface area contributed by atoms with E-state index < -0.39 is 11.8 Å². The topological polar surface area (TPSA) is 88.7 Å². The second-order valence-corrected chi connectivity index (χ2v) is 6.85. The lowest BCUT2D eigenvalue weighted by atomic mass is 10.2. The van der Waals surface area contributed by atoms with Crippen molar-refractivity contribution in [2.45, 2.75) is 13.3 Å². The molecule has 2 aromatic carbocycles. The van der Waals surface area contributed by atoms with Crippen LogP contribution in [0.25, 0.3) is 0 Å². The number of carbonyl (C=O) groups excluding carboxylic acids is 2. The Morgan fingerprint density at radius 3 is 2.43 bits per heavy atom. The molecule has 0 unspecified atom stereocenters. The van der Waals surface area contributed by atoms with Gasteiger partial charge < -0.3 is 9.47 Å². The fraction of sp³-hybridized carbons (Fsp3) is 0.211. The number of rotatable bonds is 6. The molecular weight excluding hydrogens is 446 g/mol. The summed E-state index contributed by atoms with van der Waals surface area (Å²) in [4.78, 5) is 24.0. The molecule has 7 nitrogen and oxygen atoms in total. The first-order chi connectivity index (χ1) is 13.4. The van der Waals surface area contributed by atoms with Crippen LogP contribution in [0, 0.1) is 0 Å². The van der Waals surface area contributed by atoms with Gasteiger partial charge in [-0.25, -0.2) is 0 Å². The maximum atomic E-state index is 12.0. The van der Waals surface area contributed by atoms with E-state index in [1.54, 1.807) is 37.4 Å². The lowest BCUT2D eigenvalue weighted by molar-refractivity contribution is -0.121. The largest absolute Gasteiger partial charge is 0.497 e. The van der Waals surface area contributed by atoms with E-state index in [4.69, 9.17) is 21.7 Å². The van der Waals surface area contributed by atoms with Crippen molar-refractivity contribution in [1.29, 1.82) is 0 Å². The Morgan fingerprint density at radius 1 is 1.11 bits per heavy atom. The van der Waals surface area contributed by atoms with Crippen molar-refractivity contribution in [1.82, 2.24) is 16.2 Å². The molecule has 0 aromatic heterocycles. The van der Waals surface area contributed by atoms with Gasteiger partial charge in [-0.05, 0) is 76.5 Å². The summed E-state index contributed by atoms with van der Waals surface area (Å²) in [5.74, 6) is 0.334. The molecule has 3 N–H and O–H groups in total. The second-order valence-electron chi connectivity index (χ2n) is 5.59. The molecule has 0 radical (unpaired) electrons. The van der Waals surface area contributed by atoms with Gasteiger partial charge in [0.15, 0.2) is 11.7 Å². The molecule has 0 saturated heterocycles. The Balaban J connectivity index is 1.76. The average molecular weight is 466 g/mol. The summed E-state index contributed by atoms with van der Waals surface area (Å²) in [6, 6.07) is 12.2. The summed E-state index contributed by atoms with van der Waals surface area (Å²) >= 11 is 8.40. The number of hydrogen-bond donors (Lipinski definition) is 3. The van der Waals surface area contributed by atoms with Gasteiger partial charge in [0.25, 0.3) is 11.8 Å². The van der Waals surface area contributed by atoms with Gasteiger partial charge >= 0.3 is 0 Å². The normalized spacial score (nSPS) is 9.96. The molecule has 0 aliphatic heterocycles. The smallest absolute Gasteiger partial charge is 0.269 e. The van der Waals surface area contributed by atoms with Crippen LogP contribution in [-0.4, -0.2) is 30.6 Å². The zero-order valence-electron chi connectivity index (χ0n) is 15.4. The highest BCUT2D eigenvalue weighted by Gasteiger charge is 2.10. The van der Waals surface area contributed by atoms with Crippen LogP contribution in [0.1, 0.15) is 22.8 Å². The van der Waals surface area contributed by atoms with Crippen LogP contribution < -0.4 is 25.6 Å². The summed E-state index contributed by atoms with van der Waals surface area (Å²) in [5.41, 5.74) is 6.43. The van der Waals surface area contributed by atoms with Crippen molar-refractivity contribution >= 4 is 45.1 Å². The molecule has 0 saturated carbocycles. The first kappa shape index (κ1) is 21.6. The molecule has 28 heavy (non-hydrogen) atoms. The maximum Gasteiger partial charge on any atom is 0.269 e. The van der Waals surface area contributed by atoms with Gasteiger partial charge in [0.2, 0.25) is 0 Å². The van der Waals surface area contributed by atoms with Crippen LogP contribution in [0.2, 0.25) is 0 Å². The van der Waals surface area contributed by atoms with E-state index in [1.807, 2.05) is 12.1 Å². The third-order valence-electron chi connectivity index (χ3n) is 3.66. The van der Waals surface area contributed by atoms with Gasteiger partial charge in [-0.15, -0.1) is 0 Å². The van der Waals surface area contributed by atoms with E-state index in [-0.39, 0.29) is 11.7 Å². The van der Waals surface area contributed by atoms with Crippen LogP contribution in [-0.2, 0) is 11.2 Å². The van der Waals surface area contributed by atoms with Crippen LogP contribution in [0.15, 0.2) is 46.9 Å². The number of amides is 2. The summed E-state index contributed by atoms with van der Waals surface area (Å²) < 4.78 is 11.3. The monoisotopic (exact) mass is 465 g/mol. The van der Waals surface area contributed by atoms with Gasteiger partial charge in [0, 0.05) is 5.56 Å². The zero-order chi connectivity index (χ0) is 20.5. The predicted molar refractivity (Wildman–Crippen MR) is 113 cm³/mol. The number of ether oxygens (including phenoxy) is 2. The Bertz CT molecular complexity index is 859. The predicted octanol–water partition coefficient (Wildman–Crippen LogP) is 2.73. The Morgan fingerprint density at radius 2 is 1.82 bits per heavy atom. The van der Waals surface area contributed by atoms with E-state index in [9.17, 15) is 9.59 Å². The fourth-order valence-electron chi connectivity index (χ4n) is 2.15. The summed E-state index contributed by atoms with van der Waals surface area (Å²) in [6.45, 7) is 1.83. The molecule has 2 rings (SSSR count). The molecule has 0 aliphatic rings. The minimum Gasteiger partial charge on any atom is -0.497 e. The highest BCUT2D eigenvalue weighted by molar-refractivity contribution is 9.10. The molecule has 2 amide bonds. The van der Waals surface area contributed by atoms with Crippen molar-refractivity contribution in [3.05, 3.63) is 58.1 Å². The van der Waals surface area contributed by atoms with E-state index in [0.717, 1.165) is 16.5 Å². The van der Waals surface area contributed by atoms with Gasteiger partial charge in [0.05, 0.1) is 11.6 Å².